The molecule has 6 heteroatoms. The molecule has 18 heavy (non-hydrogen) atoms. The molecule has 0 radical (unpaired) electrons. The lowest BCUT2D eigenvalue weighted by atomic mass is 10.0. The van der Waals surface area contributed by atoms with Crippen molar-refractivity contribution >= 4 is 17.6 Å². The normalized spacial score (nSPS) is 19.6. The second kappa shape index (κ2) is 5.12. The molecule has 2 rings (SSSR count). The van der Waals surface area contributed by atoms with E-state index in [1.165, 1.54) is 7.11 Å². The first-order valence-corrected chi connectivity index (χ1v) is 5.96. The minimum atomic E-state index is -0.485. The molecule has 0 bridgehead atoms. The van der Waals surface area contributed by atoms with E-state index < -0.39 is 6.04 Å². The van der Waals surface area contributed by atoms with Crippen molar-refractivity contribution in [1.82, 2.24) is 9.88 Å². The molecule has 2 heterocycles. The molecular formula is C12H17N3O3. The van der Waals surface area contributed by atoms with Crippen LogP contribution in [0.25, 0.3) is 0 Å². The molecule has 1 aromatic heterocycles. The van der Waals surface area contributed by atoms with Crippen molar-refractivity contribution < 1.29 is 14.3 Å². The van der Waals surface area contributed by atoms with Gasteiger partial charge in [-0.25, -0.2) is 4.79 Å². The number of hydrogen-bond acceptors (Lipinski definition) is 4. The number of anilines is 1. The Balaban J connectivity index is 2.18. The van der Waals surface area contributed by atoms with Crippen LogP contribution < -0.4 is 5.73 Å². The summed E-state index contributed by atoms with van der Waals surface area (Å²) in [6.45, 7) is 0.567. The number of esters is 1. The molecule has 0 saturated carbocycles. The first-order valence-electron chi connectivity index (χ1n) is 5.96. The molecule has 3 N–H and O–H groups in total. The molecule has 98 valence electrons. The molecule has 1 unspecified atom stereocenters. The zero-order valence-electron chi connectivity index (χ0n) is 10.3. The maximum atomic E-state index is 12.3. The average molecular weight is 251 g/mol. The molecule has 1 fully saturated rings. The van der Waals surface area contributed by atoms with Crippen LogP contribution in [0, 0.1) is 0 Å². The van der Waals surface area contributed by atoms with Crippen molar-refractivity contribution in [3.8, 4) is 0 Å². The summed E-state index contributed by atoms with van der Waals surface area (Å²) in [6, 6.07) is 1.09. The summed E-state index contributed by atoms with van der Waals surface area (Å²) in [7, 11) is 1.34. The smallest absolute Gasteiger partial charge is 0.328 e. The number of nitrogens with zero attached hydrogens (tertiary/aromatic N) is 1. The van der Waals surface area contributed by atoms with E-state index in [1.54, 1.807) is 17.2 Å². The van der Waals surface area contributed by atoms with Gasteiger partial charge < -0.3 is 20.4 Å². The summed E-state index contributed by atoms with van der Waals surface area (Å²) in [5.74, 6) is -0.565. The second-order valence-electron chi connectivity index (χ2n) is 4.38. The zero-order valence-corrected chi connectivity index (χ0v) is 10.3. The predicted molar refractivity (Wildman–Crippen MR) is 65.9 cm³/mol. The third-order valence-corrected chi connectivity index (χ3v) is 3.17. The van der Waals surface area contributed by atoms with Crippen LogP contribution in [0.3, 0.4) is 0 Å². The van der Waals surface area contributed by atoms with E-state index in [4.69, 9.17) is 10.5 Å². The van der Waals surface area contributed by atoms with Gasteiger partial charge in [-0.15, -0.1) is 0 Å². The highest BCUT2D eigenvalue weighted by Crippen LogP contribution is 2.20. The van der Waals surface area contributed by atoms with E-state index in [-0.39, 0.29) is 11.9 Å². The molecule has 0 aromatic carbocycles. The summed E-state index contributed by atoms with van der Waals surface area (Å²) in [6.07, 6.45) is 4.03. The molecule has 1 aliphatic rings. The number of H-pyrrole nitrogens is 1. The van der Waals surface area contributed by atoms with Crippen LogP contribution in [0.5, 0.6) is 0 Å². The van der Waals surface area contributed by atoms with Gasteiger partial charge >= 0.3 is 5.97 Å². The maximum Gasteiger partial charge on any atom is 0.328 e. The lowest BCUT2D eigenvalue weighted by molar-refractivity contribution is -0.147. The Bertz CT molecular complexity index is 455. The van der Waals surface area contributed by atoms with E-state index >= 15 is 0 Å². The fraction of sp³-hybridized carbons (Fsp3) is 0.500. The molecular weight excluding hydrogens is 234 g/mol. The van der Waals surface area contributed by atoms with Crippen molar-refractivity contribution in [2.24, 2.45) is 0 Å². The van der Waals surface area contributed by atoms with E-state index in [9.17, 15) is 9.59 Å². The summed E-state index contributed by atoms with van der Waals surface area (Å²) >= 11 is 0. The summed E-state index contributed by atoms with van der Waals surface area (Å²) in [5, 5.41) is 0. The van der Waals surface area contributed by atoms with Gasteiger partial charge in [0.15, 0.2) is 0 Å². The van der Waals surface area contributed by atoms with Gasteiger partial charge in [-0.3, -0.25) is 4.79 Å². The van der Waals surface area contributed by atoms with Gasteiger partial charge in [0.25, 0.3) is 5.91 Å². The third kappa shape index (κ3) is 2.32. The lowest BCUT2D eigenvalue weighted by Crippen LogP contribution is -2.48. The number of aromatic amines is 1. The monoisotopic (exact) mass is 251 g/mol. The standard InChI is InChI=1S/C12H17N3O3/c1-18-12(17)10-4-2-3-5-15(10)11(16)9-6-8(13)7-14-9/h6-7,10,14H,2-5,13H2,1H3. The number of nitrogens with one attached hydrogen (secondary N) is 1. The van der Waals surface area contributed by atoms with Gasteiger partial charge in [0, 0.05) is 18.4 Å². The predicted octanol–water partition coefficient (Wildman–Crippen LogP) is 0.765. The number of nitrogens with two attached hydrogens (primary N) is 1. The Morgan fingerprint density at radius 1 is 1.50 bits per heavy atom. The van der Waals surface area contributed by atoms with Crippen LogP contribution in [-0.4, -0.2) is 41.5 Å². The van der Waals surface area contributed by atoms with Crippen molar-refractivity contribution in [1.29, 1.82) is 0 Å². The lowest BCUT2D eigenvalue weighted by Gasteiger charge is -2.33. The number of hydrogen-bond donors (Lipinski definition) is 2. The molecule has 0 spiro atoms. The quantitative estimate of drug-likeness (QED) is 0.760. The Hall–Kier alpha value is -1.98. The fourth-order valence-electron chi connectivity index (χ4n) is 2.24. The highest BCUT2D eigenvalue weighted by molar-refractivity contribution is 5.96. The molecule has 1 amide bonds. The van der Waals surface area contributed by atoms with Gasteiger partial charge in [0.2, 0.25) is 0 Å². The van der Waals surface area contributed by atoms with Crippen LogP contribution in [0.15, 0.2) is 12.3 Å². The third-order valence-electron chi connectivity index (χ3n) is 3.17. The maximum absolute atomic E-state index is 12.3. The molecule has 1 aliphatic heterocycles. The zero-order chi connectivity index (χ0) is 13.1. The van der Waals surface area contributed by atoms with Crippen molar-refractivity contribution in [3.63, 3.8) is 0 Å². The molecule has 6 nitrogen and oxygen atoms in total. The van der Waals surface area contributed by atoms with Gasteiger partial charge in [0.1, 0.15) is 11.7 Å². The van der Waals surface area contributed by atoms with Crippen molar-refractivity contribution in [3.05, 3.63) is 18.0 Å². The first-order chi connectivity index (χ1) is 8.63. The summed E-state index contributed by atoms with van der Waals surface area (Å²) in [4.78, 5) is 28.3. The second-order valence-corrected chi connectivity index (χ2v) is 4.38. The topological polar surface area (TPSA) is 88.4 Å². The fourth-order valence-corrected chi connectivity index (χ4v) is 2.24. The highest BCUT2D eigenvalue weighted by Gasteiger charge is 2.33. The first kappa shape index (κ1) is 12.5. The number of ether oxygens (including phenoxy) is 1. The molecule has 1 aromatic rings. The number of aromatic nitrogens is 1. The summed E-state index contributed by atoms with van der Waals surface area (Å²) < 4.78 is 4.74. The van der Waals surface area contributed by atoms with Gasteiger partial charge in [-0.05, 0) is 25.3 Å². The Morgan fingerprint density at radius 3 is 2.89 bits per heavy atom. The molecule has 1 atom stereocenters. The number of carbonyl (C=O) groups excluding carboxylic acids is 2. The number of piperidine rings is 1. The van der Waals surface area contributed by atoms with E-state index in [0.29, 0.717) is 24.3 Å². The van der Waals surface area contributed by atoms with Crippen molar-refractivity contribution in [2.45, 2.75) is 25.3 Å². The van der Waals surface area contributed by atoms with E-state index in [1.807, 2.05) is 0 Å². The van der Waals surface area contributed by atoms with Crippen LogP contribution >= 0.6 is 0 Å². The summed E-state index contributed by atoms with van der Waals surface area (Å²) in [5.41, 5.74) is 6.48. The largest absolute Gasteiger partial charge is 0.467 e. The number of likely N-dealkylation sites (tertiary alicyclic amines) is 1. The number of rotatable bonds is 2. The van der Waals surface area contributed by atoms with E-state index in [2.05, 4.69) is 4.98 Å². The number of methoxy groups -OCH3 is 1. The van der Waals surface area contributed by atoms with Gasteiger partial charge in [-0.1, -0.05) is 0 Å². The van der Waals surface area contributed by atoms with E-state index in [0.717, 1.165) is 12.8 Å². The van der Waals surface area contributed by atoms with Crippen LogP contribution in [-0.2, 0) is 9.53 Å². The minimum Gasteiger partial charge on any atom is -0.467 e. The number of amides is 1. The molecule has 1 saturated heterocycles. The minimum absolute atomic E-state index is 0.207. The Kier molecular flexibility index (Phi) is 3.55. The van der Waals surface area contributed by atoms with Crippen molar-refractivity contribution in [2.75, 3.05) is 19.4 Å². The van der Waals surface area contributed by atoms with Gasteiger partial charge in [0.05, 0.1) is 7.11 Å². The van der Waals surface area contributed by atoms with Crippen LogP contribution in [0.2, 0.25) is 0 Å². The van der Waals surface area contributed by atoms with Gasteiger partial charge in [-0.2, -0.15) is 0 Å². The van der Waals surface area contributed by atoms with Crippen LogP contribution in [0.4, 0.5) is 5.69 Å². The number of nitrogen functional groups attached to an aromatic ring is 1. The SMILES string of the molecule is COC(=O)C1CCCCN1C(=O)c1cc(N)c[nH]1. The number of carbonyl (C=O) groups is 2. The Morgan fingerprint density at radius 2 is 2.28 bits per heavy atom. The molecule has 0 aliphatic carbocycles. The highest BCUT2D eigenvalue weighted by atomic mass is 16.5. The average Bonchev–Trinajstić information content (AvgIpc) is 2.83. The Labute approximate surface area is 105 Å². The van der Waals surface area contributed by atoms with Crippen LogP contribution in [0.1, 0.15) is 29.8 Å².